The molecule has 1 aliphatic rings. The highest BCUT2D eigenvalue weighted by Crippen LogP contribution is 2.31. The Bertz CT molecular complexity index is 617. The van der Waals surface area contributed by atoms with E-state index < -0.39 is 0 Å². The van der Waals surface area contributed by atoms with E-state index in [1.165, 1.54) is 32.1 Å². The number of benzene rings is 1. The molecule has 3 rings (SSSR count). The maximum absolute atomic E-state index is 6.18. The second kappa shape index (κ2) is 7.21. The van der Waals surface area contributed by atoms with Crippen LogP contribution < -0.4 is 10.1 Å². The van der Waals surface area contributed by atoms with E-state index in [1.54, 1.807) is 7.11 Å². The molecule has 1 aromatic carbocycles. The van der Waals surface area contributed by atoms with E-state index in [-0.39, 0.29) is 0 Å². The normalized spacial score (nSPS) is 15.9. The Balaban J connectivity index is 1.64. The largest absolute Gasteiger partial charge is 0.495 e. The van der Waals surface area contributed by atoms with Gasteiger partial charge in [-0.2, -0.15) is 0 Å². The van der Waals surface area contributed by atoms with Gasteiger partial charge in [-0.3, -0.25) is 0 Å². The lowest BCUT2D eigenvalue weighted by Gasteiger charge is -2.19. The van der Waals surface area contributed by atoms with Crippen LogP contribution in [0.25, 0.3) is 11.3 Å². The highest BCUT2D eigenvalue weighted by atomic mass is 35.5. The lowest BCUT2D eigenvalue weighted by molar-refractivity contribution is -0.708. The number of rotatable bonds is 5. The van der Waals surface area contributed by atoms with Crippen LogP contribution in [0.2, 0.25) is 5.02 Å². The highest BCUT2D eigenvalue weighted by molar-refractivity contribution is 6.32. The summed E-state index contributed by atoms with van der Waals surface area (Å²) >= 11 is 6.18. The maximum Gasteiger partial charge on any atom is 0.158 e. The van der Waals surface area contributed by atoms with Crippen molar-refractivity contribution in [3.8, 4) is 17.1 Å². The van der Waals surface area contributed by atoms with Crippen LogP contribution in [0.15, 0.2) is 34.7 Å². The van der Waals surface area contributed by atoms with Gasteiger partial charge in [0.1, 0.15) is 18.1 Å². The third-order valence-corrected chi connectivity index (χ3v) is 4.70. The number of ether oxygens (including phenoxy) is 1. The topological polar surface area (TPSA) is 39.0 Å². The van der Waals surface area contributed by atoms with Gasteiger partial charge in [-0.25, -0.2) is 0 Å². The molecule has 1 heterocycles. The second-order valence-corrected chi connectivity index (χ2v) is 6.36. The van der Waals surface area contributed by atoms with Crippen molar-refractivity contribution in [2.75, 3.05) is 7.11 Å². The molecule has 0 spiro atoms. The summed E-state index contributed by atoms with van der Waals surface area (Å²) < 4.78 is 11.1. The quantitative estimate of drug-likeness (QED) is 0.904. The van der Waals surface area contributed by atoms with Gasteiger partial charge in [0.15, 0.2) is 5.76 Å². The van der Waals surface area contributed by atoms with Gasteiger partial charge in [0.05, 0.1) is 18.2 Å². The van der Waals surface area contributed by atoms with Gasteiger partial charge in [-0.15, -0.1) is 0 Å². The zero-order chi connectivity index (χ0) is 15.4. The van der Waals surface area contributed by atoms with Crippen LogP contribution in [0.4, 0.5) is 0 Å². The average molecular weight is 321 g/mol. The average Bonchev–Trinajstić information content (AvgIpc) is 3.03. The molecule has 0 radical (unpaired) electrons. The Kier molecular flexibility index (Phi) is 5.06. The summed E-state index contributed by atoms with van der Waals surface area (Å²) in [6.07, 6.45) is 6.81. The van der Waals surface area contributed by atoms with Crippen molar-refractivity contribution in [1.82, 2.24) is 0 Å². The van der Waals surface area contributed by atoms with E-state index in [9.17, 15) is 0 Å². The van der Waals surface area contributed by atoms with Crippen LogP contribution in [0, 0.1) is 0 Å². The van der Waals surface area contributed by atoms with Crippen molar-refractivity contribution in [1.29, 1.82) is 0 Å². The molecule has 4 heteroatoms. The van der Waals surface area contributed by atoms with Gasteiger partial charge in [0.2, 0.25) is 0 Å². The van der Waals surface area contributed by atoms with Crippen LogP contribution in [0.1, 0.15) is 37.9 Å². The minimum Gasteiger partial charge on any atom is -0.495 e. The van der Waals surface area contributed by atoms with Crippen molar-refractivity contribution >= 4 is 11.6 Å². The van der Waals surface area contributed by atoms with Crippen molar-refractivity contribution < 1.29 is 14.5 Å². The van der Waals surface area contributed by atoms with E-state index in [4.69, 9.17) is 20.8 Å². The number of furan rings is 1. The SMILES string of the molecule is COc1ccc(-c2ccc(C[NH2+]C3CCCCC3)o2)cc1Cl. The molecule has 1 aromatic heterocycles. The summed E-state index contributed by atoms with van der Waals surface area (Å²) in [4.78, 5) is 0. The summed E-state index contributed by atoms with van der Waals surface area (Å²) in [5, 5.41) is 3.02. The van der Waals surface area contributed by atoms with Crippen LogP contribution in [-0.2, 0) is 6.54 Å². The molecule has 22 heavy (non-hydrogen) atoms. The minimum atomic E-state index is 0.603. The number of hydrogen-bond acceptors (Lipinski definition) is 2. The zero-order valence-corrected chi connectivity index (χ0v) is 13.7. The summed E-state index contributed by atoms with van der Waals surface area (Å²) in [7, 11) is 1.62. The van der Waals surface area contributed by atoms with Crippen LogP contribution in [-0.4, -0.2) is 13.2 Å². The first-order valence-corrected chi connectivity index (χ1v) is 8.40. The predicted octanol–water partition coefficient (Wildman–Crippen LogP) is 4.00. The van der Waals surface area contributed by atoms with E-state index in [0.29, 0.717) is 10.8 Å². The molecule has 118 valence electrons. The molecule has 0 unspecified atom stereocenters. The zero-order valence-electron chi connectivity index (χ0n) is 13.0. The predicted molar refractivity (Wildman–Crippen MR) is 88.2 cm³/mol. The van der Waals surface area contributed by atoms with Gasteiger partial charge in [-0.05, 0) is 56.0 Å². The Morgan fingerprint density at radius 1 is 1.18 bits per heavy atom. The van der Waals surface area contributed by atoms with E-state index in [1.807, 2.05) is 24.3 Å². The number of methoxy groups -OCH3 is 1. The van der Waals surface area contributed by atoms with Crippen molar-refractivity contribution in [3.63, 3.8) is 0 Å². The molecule has 2 aromatic rings. The van der Waals surface area contributed by atoms with Gasteiger partial charge in [0.25, 0.3) is 0 Å². The summed E-state index contributed by atoms with van der Waals surface area (Å²) in [6.45, 7) is 0.911. The third kappa shape index (κ3) is 3.65. The Labute approximate surface area is 136 Å². The van der Waals surface area contributed by atoms with E-state index >= 15 is 0 Å². The third-order valence-electron chi connectivity index (χ3n) is 4.40. The molecule has 3 nitrogen and oxygen atoms in total. The van der Waals surface area contributed by atoms with Gasteiger partial charge < -0.3 is 14.5 Å². The molecule has 0 aliphatic heterocycles. The van der Waals surface area contributed by atoms with Gasteiger partial charge >= 0.3 is 0 Å². The maximum atomic E-state index is 6.18. The summed E-state index contributed by atoms with van der Waals surface area (Å²) in [5.41, 5.74) is 0.981. The molecular weight excluding hydrogens is 298 g/mol. The Morgan fingerprint density at radius 3 is 2.73 bits per heavy atom. The van der Waals surface area contributed by atoms with E-state index in [2.05, 4.69) is 11.4 Å². The first-order chi connectivity index (χ1) is 10.8. The molecule has 1 aliphatic carbocycles. The lowest BCUT2D eigenvalue weighted by Crippen LogP contribution is -2.88. The minimum absolute atomic E-state index is 0.603. The molecular formula is C18H23ClNO2+. The number of nitrogens with two attached hydrogens (primary N) is 1. The van der Waals surface area contributed by atoms with Crippen molar-refractivity contribution in [2.24, 2.45) is 0 Å². The molecule has 0 atom stereocenters. The van der Waals surface area contributed by atoms with Crippen molar-refractivity contribution in [3.05, 3.63) is 41.1 Å². The molecule has 2 N–H and O–H groups in total. The fraction of sp³-hybridized carbons (Fsp3) is 0.444. The lowest BCUT2D eigenvalue weighted by atomic mass is 9.95. The van der Waals surface area contributed by atoms with Gasteiger partial charge in [-0.1, -0.05) is 18.0 Å². The number of quaternary nitrogens is 1. The number of hydrogen-bond donors (Lipinski definition) is 1. The van der Waals surface area contributed by atoms with Crippen LogP contribution in [0.5, 0.6) is 5.75 Å². The molecule has 0 bridgehead atoms. The van der Waals surface area contributed by atoms with E-state index in [0.717, 1.165) is 29.7 Å². The molecule has 1 saturated carbocycles. The summed E-state index contributed by atoms with van der Waals surface area (Å²) in [5.74, 6) is 2.56. The highest BCUT2D eigenvalue weighted by Gasteiger charge is 2.17. The molecule has 1 fully saturated rings. The first kappa shape index (κ1) is 15.4. The summed E-state index contributed by atoms with van der Waals surface area (Å²) in [6, 6.07) is 10.6. The molecule has 0 amide bonds. The Morgan fingerprint density at radius 2 is 2.00 bits per heavy atom. The van der Waals surface area contributed by atoms with Crippen LogP contribution >= 0.6 is 11.6 Å². The van der Waals surface area contributed by atoms with Crippen molar-refractivity contribution in [2.45, 2.75) is 44.7 Å². The fourth-order valence-corrected chi connectivity index (χ4v) is 3.37. The smallest absolute Gasteiger partial charge is 0.158 e. The monoisotopic (exact) mass is 320 g/mol. The number of halogens is 1. The fourth-order valence-electron chi connectivity index (χ4n) is 3.12. The van der Waals surface area contributed by atoms with Gasteiger partial charge in [0, 0.05) is 5.56 Å². The second-order valence-electron chi connectivity index (χ2n) is 5.95. The standard InChI is InChI=1S/C18H22ClNO2/c1-21-18-9-7-13(11-16(18)19)17-10-8-15(22-17)12-20-14-5-3-2-4-6-14/h7-11,14,20H,2-6,12H2,1H3/p+1. The first-order valence-electron chi connectivity index (χ1n) is 8.02. The molecule has 0 saturated heterocycles. The Hall–Kier alpha value is -1.45. The van der Waals surface area contributed by atoms with Crippen LogP contribution in [0.3, 0.4) is 0 Å².